The monoisotopic (exact) mass is 415 g/mol. The molecule has 0 saturated carbocycles. The van der Waals surface area contributed by atoms with Crippen molar-refractivity contribution in [2.24, 2.45) is 0 Å². The number of nitrogens with zero attached hydrogens (tertiary/aromatic N) is 2. The van der Waals surface area contributed by atoms with Crippen LogP contribution in [-0.4, -0.2) is 41.0 Å². The van der Waals surface area contributed by atoms with E-state index in [-0.39, 0.29) is 23.8 Å². The first kappa shape index (κ1) is 21.0. The fraction of sp³-hybridized carbons (Fsp3) is 0.286. The first-order valence-electron chi connectivity index (χ1n) is 9.17. The number of halogens is 1. The Hall–Kier alpha value is -2.71. The van der Waals surface area contributed by atoms with Gasteiger partial charge < -0.3 is 10.1 Å². The van der Waals surface area contributed by atoms with Gasteiger partial charge in [0.05, 0.1) is 29.3 Å². The van der Waals surface area contributed by atoms with Gasteiger partial charge in [0, 0.05) is 13.7 Å². The molecule has 0 aliphatic heterocycles. The maximum absolute atomic E-state index is 13.2. The highest BCUT2D eigenvalue weighted by Gasteiger charge is 2.19. The predicted octanol–water partition coefficient (Wildman–Crippen LogP) is 2.83. The van der Waals surface area contributed by atoms with Gasteiger partial charge in [-0.25, -0.2) is 9.37 Å². The normalized spacial score (nSPS) is 12.1. The van der Waals surface area contributed by atoms with Crippen LogP contribution in [0.4, 0.5) is 4.39 Å². The molecule has 1 atom stereocenters. The standard InChI is InChI=1S/C21H22FN3O3S/c1-14(19(26)23-11-12-28-2)29-21-24-18-6-4-3-5-17(18)20(27)25(21)13-15-7-9-16(22)10-8-15/h3-10,14H,11-13H2,1-2H3,(H,23,26)/t14-/m1/s1. The number of carbonyl (C=O) groups is 1. The van der Waals surface area contributed by atoms with Crippen LogP contribution in [0, 0.1) is 5.82 Å². The van der Waals surface area contributed by atoms with Crippen molar-refractivity contribution in [2.45, 2.75) is 23.9 Å². The van der Waals surface area contributed by atoms with Crippen molar-refractivity contribution >= 4 is 28.6 Å². The van der Waals surface area contributed by atoms with Crippen LogP contribution >= 0.6 is 11.8 Å². The number of aromatic nitrogens is 2. The van der Waals surface area contributed by atoms with Crippen molar-refractivity contribution in [3.8, 4) is 0 Å². The van der Waals surface area contributed by atoms with Gasteiger partial charge in [0.25, 0.3) is 5.56 Å². The molecule has 0 saturated heterocycles. The molecule has 8 heteroatoms. The molecule has 0 spiro atoms. The summed E-state index contributed by atoms with van der Waals surface area (Å²) in [6.07, 6.45) is 0. The number of nitrogens with one attached hydrogen (secondary N) is 1. The first-order valence-corrected chi connectivity index (χ1v) is 10.0. The molecule has 6 nitrogen and oxygen atoms in total. The number of fused-ring (bicyclic) bond motifs is 1. The highest BCUT2D eigenvalue weighted by molar-refractivity contribution is 8.00. The maximum atomic E-state index is 13.2. The smallest absolute Gasteiger partial charge is 0.262 e. The Morgan fingerprint density at radius 2 is 1.97 bits per heavy atom. The first-order chi connectivity index (χ1) is 14.0. The van der Waals surface area contributed by atoms with E-state index in [2.05, 4.69) is 10.3 Å². The van der Waals surface area contributed by atoms with Crippen LogP contribution in [-0.2, 0) is 16.1 Å². The number of thioether (sulfide) groups is 1. The lowest BCUT2D eigenvalue weighted by Crippen LogP contribution is -2.34. The van der Waals surface area contributed by atoms with Crippen LogP contribution in [0.5, 0.6) is 0 Å². The average Bonchev–Trinajstić information content (AvgIpc) is 2.72. The number of carbonyl (C=O) groups excluding carboxylic acids is 1. The summed E-state index contributed by atoms with van der Waals surface area (Å²) in [7, 11) is 1.57. The van der Waals surface area contributed by atoms with Crippen molar-refractivity contribution in [1.82, 2.24) is 14.9 Å². The molecule has 2 aromatic carbocycles. The predicted molar refractivity (Wildman–Crippen MR) is 112 cm³/mol. The van der Waals surface area contributed by atoms with E-state index in [1.165, 1.54) is 28.5 Å². The molecule has 3 aromatic rings. The van der Waals surface area contributed by atoms with Gasteiger partial charge in [0.2, 0.25) is 5.91 Å². The van der Waals surface area contributed by atoms with E-state index in [0.29, 0.717) is 29.2 Å². The lowest BCUT2D eigenvalue weighted by molar-refractivity contribution is -0.120. The lowest BCUT2D eigenvalue weighted by Gasteiger charge is -2.16. The summed E-state index contributed by atoms with van der Waals surface area (Å²) >= 11 is 1.21. The summed E-state index contributed by atoms with van der Waals surface area (Å²) in [4.78, 5) is 30.1. The maximum Gasteiger partial charge on any atom is 0.262 e. The molecule has 29 heavy (non-hydrogen) atoms. The molecule has 0 fully saturated rings. The largest absolute Gasteiger partial charge is 0.383 e. The number of hydrogen-bond donors (Lipinski definition) is 1. The van der Waals surface area contributed by atoms with E-state index in [1.807, 2.05) is 6.07 Å². The highest BCUT2D eigenvalue weighted by Crippen LogP contribution is 2.23. The minimum Gasteiger partial charge on any atom is -0.383 e. The second-order valence-electron chi connectivity index (χ2n) is 6.47. The zero-order valence-corrected chi connectivity index (χ0v) is 17.0. The highest BCUT2D eigenvalue weighted by atomic mass is 32.2. The number of ether oxygens (including phenoxy) is 1. The van der Waals surface area contributed by atoms with Crippen LogP contribution in [0.2, 0.25) is 0 Å². The molecule has 0 radical (unpaired) electrons. The third-order valence-electron chi connectivity index (χ3n) is 4.34. The van der Waals surface area contributed by atoms with Crippen LogP contribution in [0.25, 0.3) is 10.9 Å². The van der Waals surface area contributed by atoms with Gasteiger partial charge in [-0.2, -0.15) is 0 Å². The van der Waals surface area contributed by atoms with E-state index in [0.717, 1.165) is 5.56 Å². The van der Waals surface area contributed by atoms with Gasteiger partial charge in [-0.15, -0.1) is 0 Å². The number of amides is 1. The van der Waals surface area contributed by atoms with E-state index < -0.39 is 5.25 Å². The number of rotatable bonds is 8. The van der Waals surface area contributed by atoms with Crippen molar-refractivity contribution < 1.29 is 13.9 Å². The van der Waals surface area contributed by atoms with E-state index in [4.69, 9.17) is 4.74 Å². The van der Waals surface area contributed by atoms with E-state index in [9.17, 15) is 14.0 Å². The Labute approximate surface area is 172 Å². The SMILES string of the molecule is COCCNC(=O)[C@@H](C)Sc1nc2ccccc2c(=O)n1Cc1ccc(F)cc1. The number of para-hydroxylation sites is 1. The molecule has 1 N–H and O–H groups in total. The average molecular weight is 415 g/mol. The van der Waals surface area contributed by atoms with Crippen LogP contribution < -0.4 is 10.9 Å². The van der Waals surface area contributed by atoms with Gasteiger partial charge in [-0.3, -0.25) is 14.2 Å². The molecule has 0 aliphatic carbocycles. The van der Waals surface area contributed by atoms with Crippen LogP contribution in [0.15, 0.2) is 58.5 Å². The summed E-state index contributed by atoms with van der Waals surface area (Å²) < 4.78 is 19.7. The Kier molecular flexibility index (Phi) is 7.00. The Morgan fingerprint density at radius 1 is 1.24 bits per heavy atom. The van der Waals surface area contributed by atoms with Gasteiger partial charge >= 0.3 is 0 Å². The zero-order chi connectivity index (χ0) is 20.8. The molecule has 0 bridgehead atoms. The minimum atomic E-state index is -0.459. The molecular weight excluding hydrogens is 393 g/mol. The Balaban J connectivity index is 1.94. The minimum absolute atomic E-state index is 0.164. The van der Waals surface area contributed by atoms with Crippen molar-refractivity contribution in [3.63, 3.8) is 0 Å². The Bertz CT molecular complexity index is 1050. The molecule has 1 heterocycles. The molecule has 0 aliphatic rings. The Morgan fingerprint density at radius 3 is 2.69 bits per heavy atom. The number of benzene rings is 2. The van der Waals surface area contributed by atoms with Crippen LogP contribution in [0.3, 0.4) is 0 Å². The van der Waals surface area contributed by atoms with Crippen molar-refractivity contribution in [3.05, 3.63) is 70.3 Å². The number of methoxy groups -OCH3 is 1. The van der Waals surface area contributed by atoms with E-state index in [1.54, 1.807) is 44.4 Å². The summed E-state index contributed by atoms with van der Waals surface area (Å²) in [6.45, 7) is 2.83. The quantitative estimate of drug-likeness (QED) is 0.348. The second kappa shape index (κ2) is 9.67. The van der Waals surface area contributed by atoms with Crippen molar-refractivity contribution in [2.75, 3.05) is 20.3 Å². The lowest BCUT2D eigenvalue weighted by atomic mass is 10.2. The molecule has 0 unspecified atom stereocenters. The van der Waals surface area contributed by atoms with Gasteiger partial charge in [0.1, 0.15) is 5.82 Å². The zero-order valence-electron chi connectivity index (χ0n) is 16.2. The fourth-order valence-electron chi connectivity index (χ4n) is 2.78. The van der Waals surface area contributed by atoms with Gasteiger partial charge in [-0.1, -0.05) is 36.0 Å². The summed E-state index contributed by atoms with van der Waals surface area (Å²) in [6, 6.07) is 13.1. The third kappa shape index (κ3) is 5.21. The van der Waals surface area contributed by atoms with Gasteiger partial charge in [-0.05, 0) is 36.8 Å². The fourth-order valence-corrected chi connectivity index (χ4v) is 3.71. The van der Waals surface area contributed by atoms with E-state index >= 15 is 0 Å². The second-order valence-corrected chi connectivity index (χ2v) is 7.78. The molecule has 1 amide bonds. The molecular formula is C21H22FN3O3S. The molecule has 152 valence electrons. The summed E-state index contributed by atoms with van der Waals surface area (Å²) in [5.41, 5.74) is 1.14. The number of hydrogen-bond acceptors (Lipinski definition) is 5. The summed E-state index contributed by atoms with van der Waals surface area (Å²) in [5.74, 6) is -0.503. The van der Waals surface area contributed by atoms with Crippen LogP contribution in [0.1, 0.15) is 12.5 Å². The summed E-state index contributed by atoms with van der Waals surface area (Å²) in [5, 5.41) is 3.26. The molecule has 1 aromatic heterocycles. The third-order valence-corrected chi connectivity index (χ3v) is 5.43. The molecule has 3 rings (SSSR count). The van der Waals surface area contributed by atoms with Crippen molar-refractivity contribution in [1.29, 1.82) is 0 Å². The topological polar surface area (TPSA) is 73.2 Å². The van der Waals surface area contributed by atoms with Gasteiger partial charge in [0.15, 0.2) is 5.16 Å².